The zero-order chi connectivity index (χ0) is 12.3. The molecule has 1 aromatic carbocycles. The highest BCUT2D eigenvalue weighted by Gasteiger charge is 2.45. The first-order chi connectivity index (χ1) is 7.93. The van der Waals surface area contributed by atoms with E-state index in [9.17, 15) is 0 Å². The third-order valence-corrected chi connectivity index (χ3v) is 6.79. The molecule has 0 saturated carbocycles. The molecule has 0 bridgehead atoms. The van der Waals surface area contributed by atoms with Crippen molar-refractivity contribution >= 4 is 13.3 Å². The van der Waals surface area contributed by atoms with Crippen LogP contribution >= 0.6 is 0 Å². The monoisotopic (exact) mass is 245 g/mol. The van der Waals surface area contributed by atoms with Crippen molar-refractivity contribution in [2.75, 3.05) is 6.54 Å². The van der Waals surface area contributed by atoms with Crippen molar-refractivity contribution in [3.63, 3.8) is 0 Å². The second-order valence-electron chi connectivity index (χ2n) is 6.88. The van der Waals surface area contributed by atoms with Crippen molar-refractivity contribution in [1.82, 2.24) is 4.90 Å². The van der Waals surface area contributed by atoms with Gasteiger partial charge in [0.25, 0.3) is 0 Å². The summed E-state index contributed by atoms with van der Waals surface area (Å²) in [4.78, 5) is 2.70. The van der Waals surface area contributed by atoms with E-state index in [1.54, 1.807) is 16.3 Å². The minimum atomic E-state index is -1.20. The molecule has 92 valence electrons. The molecule has 2 heterocycles. The molecule has 1 atom stereocenters. The van der Waals surface area contributed by atoms with Gasteiger partial charge in [0.05, 0.1) is 8.07 Å². The highest BCUT2D eigenvalue weighted by Crippen LogP contribution is 2.45. The summed E-state index contributed by atoms with van der Waals surface area (Å²) < 4.78 is 0. The number of nitrogens with zero attached hydrogens (tertiary/aromatic N) is 1. The first kappa shape index (κ1) is 11.5. The fourth-order valence-electron chi connectivity index (χ4n) is 3.73. The fourth-order valence-corrected chi connectivity index (χ4v) is 5.45. The van der Waals surface area contributed by atoms with E-state index in [0.717, 1.165) is 0 Å². The van der Waals surface area contributed by atoms with Gasteiger partial charge in [-0.3, -0.25) is 4.90 Å². The van der Waals surface area contributed by atoms with Gasteiger partial charge in [0.2, 0.25) is 0 Å². The first-order valence-electron chi connectivity index (χ1n) is 6.81. The average molecular weight is 245 g/mol. The van der Waals surface area contributed by atoms with Crippen LogP contribution in [0.3, 0.4) is 0 Å². The van der Waals surface area contributed by atoms with Crippen molar-refractivity contribution in [1.29, 1.82) is 0 Å². The summed E-state index contributed by atoms with van der Waals surface area (Å²) in [6.07, 6.45) is 2.71. The molecule has 2 heteroatoms. The van der Waals surface area contributed by atoms with E-state index in [1.165, 1.54) is 25.9 Å². The Hall–Kier alpha value is -0.603. The molecule has 2 aliphatic rings. The van der Waals surface area contributed by atoms with Crippen LogP contribution < -0.4 is 5.19 Å². The molecule has 0 aromatic heterocycles. The van der Waals surface area contributed by atoms with Crippen LogP contribution in [-0.2, 0) is 12.1 Å². The third kappa shape index (κ3) is 1.54. The van der Waals surface area contributed by atoms with Gasteiger partial charge >= 0.3 is 0 Å². The molecule has 0 N–H and O–H groups in total. The van der Waals surface area contributed by atoms with Crippen LogP contribution in [0.5, 0.6) is 0 Å². The summed E-state index contributed by atoms with van der Waals surface area (Å²) in [5.74, 6) is 0. The lowest BCUT2D eigenvalue weighted by Crippen LogP contribution is -2.40. The van der Waals surface area contributed by atoms with Crippen molar-refractivity contribution in [2.24, 2.45) is 0 Å². The molecular weight excluding hydrogens is 222 g/mol. The molecule has 0 amide bonds. The molecule has 1 nitrogen and oxygen atoms in total. The fraction of sp³-hybridized carbons (Fsp3) is 0.600. The molecule has 0 aliphatic carbocycles. The molecule has 0 spiro atoms. The summed E-state index contributed by atoms with van der Waals surface area (Å²) in [5, 5.41) is 1.69. The maximum atomic E-state index is 2.70. The second-order valence-corrected chi connectivity index (χ2v) is 11.9. The summed E-state index contributed by atoms with van der Waals surface area (Å²) in [6.45, 7) is 12.3. The minimum absolute atomic E-state index is 0.352. The Morgan fingerprint density at radius 3 is 2.71 bits per heavy atom. The van der Waals surface area contributed by atoms with Crippen LogP contribution in [0.4, 0.5) is 0 Å². The van der Waals surface area contributed by atoms with E-state index in [-0.39, 0.29) is 0 Å². The van der Waals surface area contributed by atoms with Crippen molar-refractivity contribution in [2.45, 2.75) is 51.5 Å². The zero-order valence-corrected chi connectivity index (χ0v) is 12.5. The SMILES string of the molecule is CC12CCCN1Cc1c2cccc1[Si](C)(C)C. The number of hydrogen-bond acceptors (Lipinski definition) is 1. The highest BCUT2D eigenvalue weighted by molar-refractivity contribution is 6.89. The van der Waals surface area contributed by atoms with E-state index in [2.05, 4.69) is 49.7 Å². The predicted molar refractivity (Wildman–Crippen MR) is 76.4 cm³/mol. The quantitative estimate of drug-likeness (QED) is 0.687. The predicted octanol–water partition coefficient (Wildman–Crippen LogP) is 3.06. The molecule has 1 saturated heterocycles. The summed E-state index contributed by atoms with van der Waals surface area (Å²) in [7, 11) is -1.20. The van der Waals surface area contributed by atoms with Gasteiger partial charge in [-0.05, 0) is 37.4 Å². The number of benzene rings is 1. The smallest absolute Gasteiger partial charge is 0.0780 e. The lowest BCUT2D eigenvalue weighted by Gasteiger charge is -2.28. The largest absolute Gasteiger partial charge is 0.290 e. The van der Waals surface area contributed by atoms with Gasteiger partial charge in [-0.25, -0.2) is 0 Å². The summed E-state index contributed by atoms with van der Waals surface area (Å²) in [5.41, 5.74) is 3.66. The number of rotatable bonds is 1. The van der Waals surface area contributed by atoms with Crippen molar-refractivity contribution < 1.29 is 0 Å². The topological polar surface area (TPSA) is 3.24 Å². The van der Waals surface area contributed by atoms with Gasteiger partial charge < -0.3 is 0 Å². The minimum Gasteiger partial charge on any atom is -0.290 e. The van der Waals surface area contributed by atoms with E-state index in [4.69, 9.17) is 0 Å². The molecule has 2 aliphatic heterocycles. The van der Waals surface area contributed by atoms with Gasteiger partial charge in [0.15, 0.2) is 0 Å². The van der Waals surface area contributed by atoms with E-state index >= 15 is 0 Å². The van der Waals surface area contributed by atoms with Gasteiger partial charge in [0.1, 0.15) is 0 Å². The van der Waals surface area contributed by atoms with Crippen LogP contribution in [0, 0.1) is 0 Å². The Bertz CT molecular complexity index is 460. The molecule has 17 heavy (non-hydrogen) atoms. The number of fused-ring (bicyclic) bond motifs is 3. The maximum absolute atomic E-state index is 2.70. The third-order valence-electron chi connectivity index (χ3n) is 4.70. The molecule has 3 rings (SSSR count). The van der Waals surface area contributed by atoms with Crippen LogP contribution in [0.2, 0.25) is 19.6 Å². The summed E-state index contributed by atoms with van der Waals surface area (Å²) in [6, 6.07) is 7.06. The standard InChI is InChI=1S/C15H23NSi/c1-15-9-6-10-16(15)11-12-13(15)7-5-8-14(12)17(2,3)4/h5,7-8H,6,9-11H2,1-4H3. The molecule has 1 unspecified atom stereocenters. The maximum Gasteiger partial charge on any atom is 0.0780 e. The van der Waals surface area contributed by atoms with Crippen LogP contribution in [-0.4, -0.2) is 19.5 Å². The van der Waals surface area contributed by atoms with Crippen LogP contribution in [0.1, 0.15) is 30.9 Å². The Labute approximate surface area is 106 Å². The zero-order valence-electron chi connectivity index (χ0n) is 11.5. The van der Waals surface area contributed by atoms with Gasteiger partial charge in [0, 0.05) is 12.1 Å². The molecular formula is C15H23NSi. The van der Waals surface area contributed by atoms with E-state index in [0.29, 0.717) is 5.54 Å². The Morgan fingerprint density at radius 2 is 2.00 bits per heavy atom. The lowest BCUT2D eigenvalue weighted by molar-refractivity contribution is 0.178. The van der Waals surface area contributed by atoms with Crippen molar-refractivity contribution in [3.05, 3.63) is 29.3 Å². The normalized spacial score (nSPS) is 28.2. The molecule has 1 fully saturated rings. The lowest BCUT2D eigenvalue weighted by atomic mass is 9.90. The Balaban J connectivity index is 2.17. The Morgan fingerprint density at radius 1 is 1.24 bits per heavy atom. The van der Waals surface area contributed by atoms with Gasteiger partial charge in [-0.2, -0.15) is 0 Å². The van der Waals surface area contributed by atoms with Crippen molar-refractivity contribution in [3.8, 4) is 0 Å². The van der Waals surface area contributed by atoms with E-state index in [1.807, 2.05) is 0 Å². The van der Waals surface area contributed by atoms with Crippen LogP contribution in [0.25, 0.3) is 0 Å². The molecule has 1 aromatic rings. The second kappa shape index (κ2) is 3.45. The Kier molecular flexibility index (Phi) is 2.33. The highest BCUT2D eigenvalue weighted by atomic mass is 28.3. The average Bonchev–Trinajstić information content (AvgIpc) is 2.70. The number of hydrogen-bond donors (Lipinski definition) is 0. The van der Waals surface area contributed by atoms with Crippen LogP contribution in [0.15, 0.2) is 18.2 Å². The summed E-state index contributed by atoms with van der Waals surface area (Å²) >= 11 is 0. The molecule has 0 radical (unpaired) electrons. The van der Waals surface area contributed by atoms with E-state index < -0.39 is 8.07 Å². The van der Waals surface area contributed by atoms with Gasteiger partial charge in [-0.1, -0.05) is 43.0 Å². The van der Waals surface area contributed by atoms with Gasteiger partial charge in [-0.15, -0.1) is 0 Å². The first-order valence-corrected chi connectivity index (χ1v) is 10.3.